The van der Waals surface area contributed by atoms with Gasteiger partial charge in [0.2, 0.25) is 0 Å². The molecule has 1 aromatic carbocycles. The Kier molecular flexibility index (Phi) is 2.64. The van der Waals surface area contributed by atoms with Gasteiger partial charge in [-0.2, -0.15) is 0 Å². The zero-order chi connectivity index (χ0) is 13.4. The van der Waals surface area contributed by atoms with Gasteiger partial charge in [0, 0.05) is 5.39 Å². The maximum atomic E-state index is 11.9. The lowest BCUT2D eigenvalue weighted by molar-refractivity contribution is 0.415. The molecule has 2 aromatic heterocycles. The van der Waals surface area contributed by atoms with Crippen LogP contribution in [-0.2, 0) is 6.54 Å². The Morgan fingerprint density at radius 3 is 2.89 bits per heavy atom. The van der Waals surface area contributed by atoms with Crippen molar-refractivity contribution in [1.29, 1.82) is 0 Å². The van der Waals surface area contributed by atoms with Gasteiger partial charge in [-0.05, 0) is 24.3 Å². The predicted octanol–water partition coefficient (Wildman–Crippen LogP) is 0.939. The Bertz CT molecular complexity index is 826. The van der Waals surface area contributed by atoms with Crippen LogP contribution in [0.15, 0.2) is 29.1 Å². The number of nitrogens with one attached hydrogen (secondary N) is 1. The number of hydrogen-bond donors (Lipinski definition) is 2. The number of aromatic amines is 1. The number of ether oxygens (including phenoxy) is 1. The van der Waals surface area contributed by atoms with E-state index in [2.05, 4.69) is 15.0 Å². The fourth-order valence-electron chi connectivity index (χ4n) is 1.97. The van der Waals surface area contributed by atoms with Crippen molar-refractivity contribution in [2.75, 3.05) is 7.11 Å². The van der Waals surface area contributed by atoms with E-state index in [4.69, 9.17) is 10.5 Å². The molecule has 0 atom stereocenters. The Hall–Kier alpha value is -2.47. The van der Waals surface area contributed by atoms with Crippen molar-refractivity contribution >= 4 is 21.9 Å². The van der Waals surface area contributed by atoms with E-state index in [1.54, 1.807) is 13.2 Å². The monoisotopic (exact) mass is 256 g/mol. The summed E-state index contributed by atoms with van der Waals surface area (Å²) in [6, 6.07) is 7.24. The first-order chi connectivity index (χ1) is 9.21. The number of aromatic nitrogens is 3. The highest BCUT2D eigenvalue weighted by Gasteiger charge is 2.07. The molecule has 0 aliphatic heterocycles. The molecule has 0 aliphatic carbocycles. The van der Waals surface area contributed by atoms with Crippen LogP contribution < -0.4 is 16.0 Å². The van der Waals surface area contributed by atoms with Crippen LogP contribution in [0.25, 0.3) is 21.9 Å². The molecule has 0 fully saturated rings. The average molecular weight is 256 g/mol. The van der Waals surface area contributed by atoms with Gasteiger partial charge in [-0.3, -0.25) is 4.79 Å². The Labute approximate surface area is 108 Å². The van der Waals surface area contributed by atoms with Gasteiger partial charge in [0.1, 0.15) is 11.6 Å². The lowest BCUT2D eigenvalue weighted by Crippen LogP contribution is -2.15. The third-order valence-electron chi connectivity index (χ3n) is 2.94. The Balaban J connectivity index is 2.38. The molecule has 6 nitrogen and oxygen atoms in total. The second kappa shape index (κ2) is 4.33. The summed E-state index contributed by atoms with van der Waals surface area (Å²) in [5.74, 6) is 1.15. The first-order valence-electron chi connectivity index (χ1n) is 5.79. The lowest BCUT2D eigenvalue weighted by atomic mass is 10.2. The topological polar surface area (TPSA) is 93.9 Å². The standard InChI is InChI=1S/C13H12N4O2/c1-19-8-2-3-10-7(4-8)5-9-12(15-10)16-11(6-14)17-13(9)18/h2-5H,6,14H2,1H3,(H,15,16,17,18). The van der Waals surface area contributed by atoms with Gasteiger partial charge in [-0.15, -0.1) is 0 Å². The van der Waals surface area contributed by atoms with E-state index in [0.29, 0.717) is 16.9 Å². The van der Waals surface area contributed by atoms with E-state index in [1.807, 2.05) is 18.2 Å². The van der Waals surface area contributed by atoms with Crippen LogP contribution >= 0.6 is 0 Å². The van der Waals surface area contributed by atoms with Gasteiger partial charge in [0.05, 0.1) is 24.6 Å². The van der Waals surface area contributed by atoms with Crippen LogP contribution in [0.1, 0.15) is 5.82 Å². The molecule has 0 bridgehead atoms. The second-order valence-electron chi connectivity index (χ2n) is 4.13. The zero-order valence-corrected chi connectivity index (χ0v) is 10.3. The molecule has 19 heavy (non-hydrogen) atoms. The number of fused-ring (bicyclic) bond motifs is 2. The quantitative estimate of drug-likeness (QED) is 0.665. The molecule has 6 heteroatoms. The van der Waals surface area contributed by atoms with Crippen molar-refractivity contribution in [3.8, 4) is 5.75 Å². The van der Waals surface area contributed by atoms with Gasteiger partial charge in [-0.25, -0.2) is 9.97 Å². The average Bonchev–Trinajstić information content (AvgIpc) is 2.44. The minimum absolute atomic E-state index is 0.174. The highest BCUT2D eigenvalue weighted by molar-refractivity contribution is 5.91. The molecule has 0 saturated heterocycles. The molecule has 96 valence electrons. The van der Waals surface area contributed by atoms with Gasteiger partial charge in [0.25, 0.3) is 5.56 Å². The molecule has 2 heterocycles. The first-order valence-corrected chi connectivity index (χ1v) is 5.79. The molecule has 0 unspecified atom stereocenters. The van der Waals surface area contributed by atoms with Gasteiger partial charge >= 0.3 is 0 Å². The number of hydrogen-bond acceptors (Lipinski definition) is 5. The molecular weight excluding hydrogens is 244 g/mol. The number of methoxy groups -OCH3 is 1. The van der Waals surface area contributed by atoms with Crippen LogP contribution in [-0.4, -0.2) is 22.1 Å². The molecule has 3 rings (SSSR count). The first kappa shape index (κ1) is 11.6. The Morgan fingerprint density at radius 1 is 1.32 bits per heavy atom. The van der Waals surface area contributed by atoms with E-state index < -0.39 is 0 Å². The van der Waals surface area contributed by atoms with Gasteiger partial charge in [0.15, 0.2) is 5.65 Å². The van der Waals surface area contributed by atoms with Gasteiger partial charge < -0.3 is 15.5 Å². The van der Waals surface area contributed by atoms with Crippen molar-refractivity contribution < 1.29 is 4.74 Å². The summed E-state index contributed by atoms with van der Waals surface area (Å²) in [4.78, 5) is 23.2. The second-order valence-corrected chi connectivity index (χ2v) is 4.13. The number of rotatable bonds is 2. The minimum atomic E-state index is -0.234. The molecule has 0 spiro atoms. The third kappa shape index (κ3) is 1.92. The molecule has 0 radical (unpaired) electrons. The highest BCUT2D eigenvalue weighted by Crippen LogP contribution is 2.21. The molecule has 0 amide bonds. The SMILES string of the molecule is COc1ccc2nc3nc(CN)[nH]c(=O)c3cc2c1. The minimum Gasteiger partial charge on any atom is -0.497 e. The molecule has 3 N–H and O–H groups in total. The zero-order valence-electron chi connectivity index (χ0n) is 10.3. The van der Waals surface area contributed by atoms with Crippen LogP contribution in [0.5, 0.6) is 5.75 Å². The maximum Gasteiger partial charge on any atom is 0.260 e. The van der Waals surface area contributed by atoms with Crippen LogP contribution in [0.4, 0.5) is 0 Å². The van der Waals surface area contributed by atoms with Crippen LogP contribution in [0.3, 0.4) is 0 Å². The van der Waals surface area contributed by atoms with Crippen molar-refractivity contribution in [2.45, 2.75) is 6.54 Å². The van der Waals surface area contributed by atoms with Crippen LogP contribution in [0, 0.1) is 0 Å². The third-order valence-corrected chi connectivity index (χ3v) is 2.94. The number of H-pyrrole nitrogens is 1. The number of nitrogens with two attached hydrogens (primary N) is 1. The summed E-state index contributed by atoms with van der Waals surface area (Å²) in [6.45, 7) is 0.174. The summed E-state index contributed by atoms with van der Waals surface area (Å²) in [5.41, 5.74) is 6.41. The van der Waals surface area contributed by atoms with Gasteiger partial charge in [-0.1, -0.05) is 0 Å². The number of nitrogens with zero attached hydrogens (tertiary/aromatic N) is 2. The lowest BCUT2D eigenvalue weighted by Gasteiger charge is -2.04. The fourth-order valence-corrected chi connectivity index (χ4v) is 1.97. The molecule has 0 saturated carbocycles. The van der Waals surface area contributed by atoms with Crippen molar-refractivity contribution in [1.82, 2.24) is 15.0 Å². The number of pyridine rings is 1. The Morgan fingerprint density at radius 2 is 2.16 bits per heavy atom. The number of benzene rings is 1. The summed E-state index contributed by atoms with van der Waals surface area (Å²) in [7, 11) is 1.59. The highest BCUT2D eigenvalue weighted by atomic mass is 16.5. The largest absolute Gasteiger partial charge is 0.497 e. The van der Waals surface area contributed by atoms with E-state index in [0.717, 1.165) is 16.7 Å². The van der Waals surface area contributed by atoms with Crippen LogP contribution in [0.2, 0.25) is 0 Å². The summed E-state index contributed by atoms with van der Waals surface area (Å²) < 4.78 is 5.16. The van der Waals surface area contributed by atoms with Crippen molar-refractivity contribution in [3.63, 3.8) is 0 Å². The van der Waals surface area contributed by atoms with Crippen molar-refractivity contribution in [3.05, 3.63) is 40.4 Å². The van der Waals surface area contributed by atoms with E-state index in [-0.39, 0.29) is 12.1 Å². The predicted molar refractivity (Wildman–Crippen MR) is 72.1 cm³/mol. The summed E-state index contributed by atoms with van der Waals surface area (Å²) >= 11 is 0. The molecular formula is C13H12N4O2. The van der Waals surface area contributed by atoms with E-state index in [1.165, 1.54) is 0 Å². The molecule has 3 aromatic rings. The summed E-state index contributed by atoms with van der Waals surface area (Å²) in [6.07, 6.45) is 0. The van der Waals surface area contributed by atoms with E-state index >= 15 is 0 Å². The maximum absolute atomic E-state index is 11.9. The smallest absolute Gasteiger partial charge is 0.260 e. The fraction of sp³-hybridized carbons (Fsp3) is 0.154. The summed E-state index contributed by atoms with van der Waals surface area (Å²) in [5, 5.41) is 1.28. The molecule has 0 aliphatic rings. The normalized spacial score (nSPS) is 11.1. The van der Waals surface area contributed by atoms with Crippen molar-refractivity contribution in [2.24, 2.45) is 5.73 Å². The van der Waals surface area contributed by atoms with E-state index in [9.17, 15) is 4.79 Å².